The molecule has 0 N–H and O–H groups in total. The molecule has 3 rings (SSSR count). The van der Waals surface area contributed by atoms with Crippen molar-refractivity contribution in [1.82, 2.24) is 4.90 Å². The van der Waals surface area contributed by atoms with Crippen molar-refractivity contribution in [3.05, 3.63) is 106 Å². The summed E-state index contributed by atoms with van der Waals surface area (Å²) in [5.74, 6) is 0.721. The molecular formula is C31H37Cl2NO. The molecule has 0 fully saturated rings. The molecule has 3 aromatic rings. The van der Waals surface area contributed by atoms with Crippen LogP contribution < -0.4 is 0 Å². The molecule has 186 valence electrons. The minimum atomic E-state index is 0.188. The van der Waals surface area contributed by atoms with E-state index in [1.165, 1.54) is 11.1 Å². The van der Waals surface area contributed by atoms with Crippen LogP contribution in [0.4, 0.5) is 0 Å². The largest absolute Gasteiger partial charge is 0.338 e. The molecule has 35 heavy (non-hydrogen) atoms. The maximum atomic E-state index is 13.5. The van der Waals surface area contributed by atoms with E-state index in [2.05, 4.69) is 76.2 Å². The fraction of sp³-hybridized carbons (Fsp3) is 0.387. The Morgan fingerprint density at radius 2 is 1.43 bits per heavy atom. The third-order valence-corrected chi connectivity index (χ3v) is 7.02. The topological polar surface area (TPSA) is 20.3 Å². The molecule has 0 aliphatic carbocycles. The first-order valence-electron chi connectivity index (χ1n) is 12.4. The number of halogens is 2. The molecular weight excluding hydrogens is 473 g/mol. The number of benzene rings is 3. The lowest BCUT2D eigenvalue weighted by Crippen LogP contribution is -2.33. The van der Waals surface area contributed by atoms with E-state index in [0.29, 0.717) is 35.5 Å². The van der Waals surface area contributed by atoms with Crippen molar-refractivity contribution in [3.8, 4) is 0 Å². The van der Waals surface area contributed by atoms with Crippen molar-refractivity contribution in [2.24, 2.45) is 11.3 Å². The first kappa shape index (κ1) is 27.3. The summed E-state index contributed by atoms with van der Waals surface area (Å²) in [6, 6.07) is 26.7. The molecule has 4 heteroatoms. The number of hydrogen-bond donors (Lipinski definition) is 0. The van der Waals surface area contributed by atoms with Crippen molar-refractivity contribution in [3.63, 3.8) is 0 Å². The molecule has 0 bridgehead atoms. The SMILES string of the molecule is CC(CC(=O)N(CCC(c1ccccc1)c1ccccc1)Cc1ccc(Cl)c(Cl)c1)CC(C)(C)C. The van der Waals surface area contributed by atoms with Gasteiger partial charge < -0.3 is 4.90 Å². The summed E-state index contributed by atoms with van der Waals surface area (Å²) in [5, 5.41) is 1.05. The molecule has 0 aliphatic heterocycles. The van der Waals surface area contributed by atoms with Gasteiger partial charge in [0, 0.05) is 25.4 Å². The molecule has 0 saturated carbocycles. The van der Waals surface area contributed by atoms with Gasteiger partial charge in [0.1, 0.15) is 0 Å². The number of nitrogens with zero attached hydrogens (tertiary/aromatic N) is 1. The summed E-state index contributed by atoms with van der Waals surface area (Å²) in [4.78, 5) is 15.5. The predicted molar refractivity (Wildman–Crippen MR) is 149 cm³/mol. The predicted octanol–water partition coefficient (Wildman–Crippen LogP) is 9.01. The zero-order valence-electron chi connectivity index (χ0n) is 21.3. The summed E-state index contributed by atoms with van der Waals surface area (Å²) in [5.41, 5.74) is 3.72. The lowest BCUT2D eigenvalue weighted by atomic mass is 9.84. The highest BCUT2D eigenvalue weighted by Gasteiger charge is 2.23. The minimum Gasteiger partial charge on any atom is -0.338 e. The molecule has 0 saturated heterocycles. The summed E-state index contributed by atoms with van der Waals surface area (Å²) in [6.07, 6.45) is 2.39. The highest BCUT2D eigenvalue weighted by atomic mass is 35.5. The summed E-state index contributed by atoms with van der Waals surface area (Å²) in [6.45, 7) is 10.0. The second-order valence-electron chi connectivity index (χ2n) is 10.8. The Morgan fingerprint density at radius 1 is 0.857 bits per heavy atom. The lowest BCUT2D eigenvalue weighted by molar-refractivity contribution is -0.133. The van der Waals surface area contributed by atoms with E-state index in [4.69, 9.17) is 23.2 Å². The first-order chi connectivity index (χ1) is 16.6. The standard InChI is InChI=1S/C31H37Cl2NO/c1-23(21-31(2,3)4)19-30(35)34(22-24-15-16-28(32)29(33)20-24)18-17-27(25-11-7-5-8-12-25)26-13-9-6-10-14-26/h5-16,20,23,27H,17-19,21-22H2,1-4H3. The Kier molecular flexibility index (Phi) is 9.83. The highest BCUT2D eigenvalue weighted by molar-refractivity contribution is 6.42. The van der Waals surface area contributed by atoms with Crippen LogP contribution in [0.3, 0.4) is 0 Å². The molecule has 0 radical (unpaired) electrons. The van der Waals surface area contributed by atoms with Gasteiger partial charge in [-0.2, -0.15) is 0 Å². The molecule has 0 spiro atoms. The molecule has 0 aromatic heterocycles. The van der Waals surface area contributed by atoms with Crippen molar-refractivity contribution >= 4 is 29.1 Å². The van der Waals surface area contributed by atoms with E-state index in [1.54, 1.807) is 6.07 Å². The van der Waals surface area contributed by atoms with Gasteiger partial charge in [0.15, 0.2) is 0 Å². The van der Waals surface area contributed by atoms with Crippen molar-refractivity contribution in [1.29, 1.82) is 0 Å². The summed E-state index contributed by atoms with van der Waals surface area (Å²) >= 11 is 12.4. The smallest absolute Gasteiger partial charge is 0.223 e. The molecule has 2 nitrogen and oxygen atoms in total. The van der Waals surface area contributed by atoms with Gasteiger partial charge in [0.2, 0.25) is 5.91 Å². The Morgan fingerprint density at radius 3 is 1.94 bits per heavy atom. The Bertz CT molecular complexity index is 1040. The van der Waals surface area contributed by atoms with Crippen LogP contribution >= 0.6 is 23.2 Å². The monoisotopic (exact) mass is 509 g/mol. The average molecular weight is 511 g/mol. The van der Waals surface area contributed by atoms with Crippen LogP contribution in [-0.4, -0.2) is 17.4 Å². The molecule has 1 amide bonds. The Hall–Kier alpha value is -2.29. The second kappa shape index (κ2) is 12.6. The third kappa shape index (κ3) is 8.70. The minimum absolute atomic E-state index is 0.188. The summed E-state index contributed by atoms with van der Waals surface area (Å²) in [7, 11) is 0. The van der Waals surface area contributed by atoms with Gasteiger partial charge in [-0.15, -0.1) is 0 Å². The van der Waals surface area contributed by atoms with Gasteiger partial charge in [0.25, 0.3) is 0 Å². The molecule has 0 heterocycles. The zero-order valence-corrected chi connectivity index (χ0v) is 22.8. The van der Waals surface area contributed by atoms with Gasteiger partial charge in [-0.25, -0.2) is 0 Å². The third-order valence-electron chi connectivity index (χ3n) is 6.29. The van der Waals surface area contributed by atoms with Crippen LogP contribution in [-0.2, 0) is 11.3 Å². The molecule has 1 atom stereocenters. The number of rotatable bonds is 10. The summed E-state index contributed by atoms with van der Waals surface area (Å²) < 4.78 is 0. The number of amides is 1. The normalized spacial score (nSPS) is 12.5. The lowest BCUT2D eigenvalue weighted by Gasteiger charge is -2.29. The van der Waals surface area contributed by atoms with E-state index < -0.39 is 0 Å². The zero-order chi connectivity index (χ0) is 25.4. The Balaban J connectivity index is 1.82. The first-order valence-corrected chi connectivity index (χ1v) is 13.2. The van der Waals surface area contributed by atoms with Gasteiger partial charge in [-0.1, -0.05) is 118 Å². The van der Waals surface area contributed by atoms with Crippen LogP contribution in [0.25, 0.3) is 0 Å². The van der Waals surface area contributed by atoms with Crippen LogP contribution in [0.2, 0.25) is 10.0 Å². The molecule has 1 unspecified atom stereocenters. The number of carbonyl (C=O) groups excluding carboxylic acids is 1. The van der Waals surface area contributed by atoms with Crippen LogP contribution in [0.1, 0.15) is 69.6 Å². The van der Waals surface area contributed by atoms with Gasteiger partial charge in [-0.3, -0.25) is 4.79 Å². The fourth-order valence-electron chi connectivity index (χ4n) is 4.88. The maximum absolute atomic E-state index is 13.5. The Labute approximate surface area is 221 Å². The number of hydrogen-bond acceptors (Lipinski definition) is 1. The van der Waals surface area contributed by atoms with Crippen molar-refractivity contribution in [2.45, 2.75) is 59.4 Å². The van der Waals surface area contributed by atoms with Crippen LogP contribution in [0.5, 0.6) is 0 Å². The second-order valence-corrected chi connectivity index (χ2v) is 11.6. The van der Waals surface area contributed by atoms with Gasteiger partial charge in [0.05, 0.1) is 10.0 Å². The highest BCUT2D eigenvalue weighted by Crippen LogP contribution is 2.30. The van der Waals surface area contributed by atoms with Crippen molar-refractivity contribution in [2.75, 3.05) is 6.54 Å². The quantitative estimate of drug-likeness (QED) is 0.266. The van der Waals surface area contributed by atoms with E-state index in [-0.39, 0.29) is 17.2 Å². The number of carbonyl (C=O) groups is 1. The van der Waals surface area contributed by atoms with Gasteiger partial charge in [-0.05, 0) is 53.0 Å². The van der Waals surface area contributed by atoms with E-state index in [9.17, 15) is 4.79 Å². The molecule has 0 aliphatic rings. The van der Waals surface area contributed by atoms with E-state index >= 15 is 0 Å². The van der Waals surface area contributed by atoms with E-state index in [1.807, 2.05) is 29.2 Å². The van der Waals surface area contributed by atoms with Crippen molar-refractivity contribution < 1.29 is 4.79 Å². The van der Waals surface area contributed by atoms with Gasteiger partial charge >= 0.3 is 0 Å². The van der Waals surface area contributed by atoms with Crippen LogP contribution in [0, 0.1) is 11.3 Å². The maximum Gasteiger partial charge on any atom is 0.223 e. The average Bonchev–Trinajstić information content (AvgIpc) is 2.81. The molecule has 3 aromatic carbocycles. The van der Waals surface area contributed by atoms with Crippen LogP contribution in [0.15, 0.2) is 78.9 Å². The van der Waals surface area contributed by atoms with E-state index in [0.717, 1.165) is 18.4 Å². The fourth-order valence-corrected chi connectivity index (χ4v) is 5.20.